The van der Waals surface area contributed by atoms with Crippen LogP contribution in [0.3, 0.4) is 0 Å². The predicted octanol–water partition coefficient (Wildman–Crippen LogP) is 1.73. The van der Waals surface area contributed by atoms with Crippen molar-refractivity contribution in [3.05, 3.63) is 42.0 Å². The van der Waals surface area contributed by atoms with Crippen molar-refractivity contribution in [1.29, 1.82) is 0 Å². The number of anilines is 3. The summed E-state index contributed by atoms with van der Waals surface area (Å²) in [4.78, 5) is 23.4. The van der Waals surface area contributed by atoms with Gasteiger partial charge in [-0.3, -0.25) is 9.59 Å². The van der Waals surface area contributed by atoms with Crippen molar-refractivity contribution in [3.63, 3.8) is 0 Å². The fourth-order valence-electron chi connectivity index (χ4n) is 1.70. The first-order valence-corrected chi connectivity index (χ1v) is 6.29. The lowest BCUT2D eigenvalue weighted by Crippen LogP contribution is -2.17. The van der Waals surface area contributed by atoms with Gasteiger partial charge >= 0.3 is 0 Å². The van der Waals surface area contributed by atoms with Crippen molar-refractivity contribution in [3.8, 4) is 0 Å². The highest BCUT2D eigenvalue weighted by Crippen LogP contribution is 2.16. The van der Waals surface area contributed by atoms with Gasteiger partial charge in [0.2, 0.25) is 5.91 Å². The quantitative estimate of drug-likeness (QED) is 0.795. The van der Waals surface area contributed by atoms with E-state index in [4.69, 9.17) is 0 Å². The Morgan fingerprint density at radius 2 is 1.62 bits per heavy atom. The summed E-state index contributed by atoms with van der Waals surface area (Å²) in [5, 5.41) is 15.8. The molecule has 0 saturated carbocycles. The zero-order valence-corrected chi connectivity index (χ0v) is 11.7. The molecule has 0 saturated heterocycles. The summed E-state index contributed by atoms with van der Waals surface area (Å²) < 4.78 is 0. The minimum absolute atomic E-state index is 0.242. The minimum Gasteiger partial charge on any atom is -0.372 e. The van der Waals surface area contributed by atoms with Gasteiger partial charge in [-0.2, -0.15) is 0 Å². The Morgan fingerprint density at radius 1 is 0.952 bits per heavy atom. The first-order valence-electron chi connectivity index (χ1n) is 6.29. The summed E-state index contributed by atoms with van der Waals surface area (Å²) in [5.74, 6) is 0.322. The van der Waals surface area contributed by atoms with Crippen molar-refractivity contribution < 1.29 is 9.59 Å². The predicted molar refractivity (Wildman–Crippen MR) is 80.3 cm³/mol. The molecule has 0 fully saturated rings. The average molecular weight is 285 g/mol. The maximum atomic E-state index is 12.2. The van der Waals surface area contributed by atoms with Gasteiger partial charge in [0.1, 0.15) is 5.82 Å². The number of amides is 2. The summed E-state index contributed by atoms with van der Waals surface area (Å²) in [6.07, 6.45) is 0. The second-order valence-corrected chi connectivity index (χ2v) is 4.23. The number of hydrogen-bond acceptors (Lipinski definition) is 5. The summed E-state index contributed by atoms with van der Waals surface area (Å²) in [6, 6.07) is 10.1. The molecule has 108 valence electrons. The molecular weight excluding hydrogens is 270 g/mol. The highest BCUT2D eigenvalue weighted by Gasteiger charge is 2.12. The Kier molecular flexibility index (Phi) is 4.45. The van der Waals surface area contributed by atoms with Crippen LogP contribution in [-0.2, 0) is 4.79 Å². The van der Waals surface area contributed by atoms with E-state index >= 15 is 0 Å². The number of carbonyl (C=O) groups excluding carboxylic acids is 2. The molecule has 0 bridgehead atoms. The monoisotopic (exact) mass is 285 g/mol. The Balaban J connectivity index is 2.17. The van der Waals surface area contributed by atoms with Crippen LogP contribution in [0.2, 0.25) is 0 Å². The van der Waals surface area contributed by atoms with E-state index in [0.717, 1.165) is 0 Å². The molecule has 0 aliphatic rings. The van der Waals surface area contributed by atoms with Crippen LogP contribution < -0.4 is 16.0 Å². The Bertz CT molecular complexity index is 655. The second-order valence-electron chi connectivity index (χ2n) is 4.23. The molecule has 0 spiro atoms. The molecule has 1 aromatic heterocycles. The number of para-hydroxylation sites is 1. The molecule has 7 nitrogen and oxygen atoms in total. The van der Waals surface area contributed by atoms with Gasteiger partial charge in [-0.1, -0.05) is 12.1 Å². The van der Waals surface area contributed by atoms with Crippen LogP contribution in [0, 0.1) is 0 Å². The van der Waals surface area contributed by atoms with Crippen molar-refractivity contribution >= 4 is 29.1 Å². The molecule has 1 aromatic carbocycles. The molecule has 21 heavy (non-hydrogen) atoms. The molecule has 0 radical (unpaired) electrons. The smallest absolute Gasteiger partial charge is 0.258 e. The zero-order chi connectivity index (χ0) is 15.2. The normalized spacial score (nSPS) is 9.81. The third kappa shape index (κ3) is 3.75. The summed E-state index contributed by atoms with van der Waals surface area (Å²) in [5.41, 5.74) is 0.800. The second kappa shape index (κ2) is 6.47. The molecule has 2 rings (SSSR count). The molecule has 1 heterocycles. The molecule has 0 aliphatic heterocycles. The van der Waals surface area contributed by atoms with Crippen molar-refractivity contribution in [2.24, 2.45) is 0 Å². The third-order valence-electron chi connectivity index (χ3n) is 2.64. The van der Waals surface area contributed by atoms with Gasteiger partial charge in [0.05, 0.1) is 11.3 Å². The molecule has 0 unspecified atom stereocenters. The summed E-state index contributed by atoms with van der Waals surface area (Å²) >= 11 is 0. The van der Waals surface area contributed by atoms with Crippen LogP contribution in [0.25, 0.3) is 0 Å². The fraction of sp³-hybridized carbons (Fsp3) is 0.143. The number of carbonyl (C=O) groups is 2. The number of nitrogens with one attached hydrogen (secondary N) is 3. The van der Waals surface area contributed by atoms with E-state index in [1.165, 1.54) is 6.92 Å². The fourth-order valence-corrected chi connectivity index (χ4v) is 1.70. The number of benzene rings is 1. The van der Waals surface area contributed by atoms with Gasteiger partial charge in [-0.05, 0) is 24.3 Å². The highest BCUT2D eigenvalue weighted by atomic mass is 16.2. The average Bonchev–Trinajstić information content (AvgIpc) is 2.48. The number of nitrogens with zero attached hydrogens (tertiary/aromatic N) is 2. The van der Waals surface area contributed by atoms with E-state index in [1.54, 1.807) is 43.4 Å². The molecule has 2 aromatic rings. The van der Waals surface area contributed by atoms with Crippen LogP contribution in [0.4, 0.5) is 17.3 Å². The Morgan fingerprint density at radius 3 is 2.24 bits per heavy atom. The van der Waals surface area contributed by atoms with Crippen LogP contribution in [-0.4, -0.2) is 29.1 Å². The van der Waals surface area contributed by atoms with E-state index in [9.17, 15) is 9.59 Å². The SMILES string of the molecule is CNc1ccc(NC(=O)c2ccccc2NC(C)=O)nn1. The third-order valence-corrected chi connectivity index (χ3v) is 2.64. The molecule has 7 heteroatoms. The van der Waals surface area contributed by atoms with Gasteiger partial charge in [-0.25, -0.2) is 0 Å². The van der Waals surface area contributed by atoms with Gasteiger partial charge in [-0.15, -0.1) is 10.2 Å². The lowest BCUT2D eigenvalue weighted by molar-refractivity contribution is -0.114. The lowest BCUT2D eigenvalue weighted by atomic mass is 10.1. The summed E-state index contributed by atoms with van der Waals surface area (Å²) in [6.45, 7) is 1.39. The van der Waals surface area contributed by atoms with Gasteiger partial charge < -0.3 is 16.0 Å². The van der Waals surface area contributed by atoms with Crippen molar-refractivity contribution in [1.82, 2.24) is 10.2 Å². The van der Waals surface area contributed by atoms with Gasteiger partial charge in [0.25, 0.3) is 5.91 Å². The topological polar surface area (TPSA) is 96.0 Å². The van der Waals surface area contributed by atoms with E-state index in [2.05, 4.69) is 26.1 Å². The molecule has 3 N–H and O–H groups in total. The van der Waals surface area contributed by atoms with Crippen LogP contribution in [0.15, 0.2) is 36.4 Å². The molecular formula is C14H15N5O2. The first kappa shape index (κ1) is 14.4. The Hall–Kier alpha value is -2.96. The van der Waals surface area contributed by atoms with Gasteiger partial charge in [0.15, 0.2) is 5.82 Å². The van der Waals surface area contributed by atoms with E-state index in [1.807, 2.05) is 0 Å². The molecule has 2 amide bonds. The van der Waals surface area contributed by atoms with E-state index in [-0.39, 0.29) is 11.8 Å². The molecule has 0 atom stereocenters. The van der Waals surface area contributed by atoms with Crippen LogP contribution >= 0.6 is 0 Å². The number of hydrogen-bond donors (Lipinski definition) is 3. The largest absolute Gasteiger partial charge is 0.372 e. The standard InChI is InChI=1S/C14H15N5O2/c1-9(20)16-11-6-4-3-5-10(11)14(21)17-13-8-7-12(15-2)18-19-13/h3-8H,1-2H3,(H,15,18)(H,16,20)(H,17,19,21). The van der Waals surface area contributed by atoms with E-state index in [0.29, 0.717) is 22.9 Å². The number of aromatic nitrogens is 2. The van der Waals surface area contributed by atoms with Gasteiger partial charge in [0, 0.05) is 14.0 Å². The first-order chi connectivity index (χ1) is 10.1. The van der Waals surface area contributed by atoms with E-state index < -0.39 is 0 Å². The van der Waals surface area contributed by atoms with Crippen molar-refractivity contribution in [2.45, 2.75) is 6.92 Å². The van der Waals surface area contributed by atoms with Crippen molar-refractivity contribution in [2.75, 3.05) is 23.0 Å². The maximum absolute atomic E-state index is 12.2. The Labute approximate surface area is 121 Å². The minimum atomic E-state index is -0.370. The zero-order valence-electron chi connectivity index (χ0n) is 11.7. The lowest BCUT2D eigenvalue weighted by Gasteiger charge is -2.09. The highest BCUT2D eigenvalue weighted by molar-refractivity contribution is 6.09. The summed E-state index contributed by atoms with van der Waals surface area (Å²) in [7, 11) is 1.73. The maximum Gasteiger partial charge on any atom is 0.258 e. The van der Waals surface area contributed by atoms with Crippen LogP contribution in [0.1, 0.15) is 17.3 Å². The molecule has 0 aliphatic carbocycles. The number of rotatable bonds is 4. The van der Waals surface area contributed by atoms with Crippen LogP contribution in [0.5, 0.6) is 0 Å².